The minimum atomic E-state index is -1.05. The largest absolute Gasteiger partial charge is 0.319 e. The van der Waals surface area contributed by atoms with Gasteiger partial charge in [0.2, 0.25) is 5.56 Å². The van der Waals surface area contributed by atoms with E-state index in [9.17, 15) is 13.6 Å². The first kappa shape index (κ1) is 19.8. The van der Waals surface area contributed by atoms with Gasteiger partial charge in [0, 0.05) is 30.3 Å². The van der Waals surface area contributed by atoms with Crippen molar-refractivity contribution in [1.82, 2.24) is 24.5 Å². The highest BCUT2D eigenvalue weighted by atomic mass is 19.2. The Labute approximate surface area is 177 Å². The lowest BCUT2D eigenvalue weighted by Crippen LogP contribution is -2.14. The van der Waals surface area contributed by atoms with E-state index in [2.05, 4.69) is 15.0 Å². The van der Waals surface area contributed by atoms with E-state index in [0.29, 0.717) is 28.2 Å². The molecule has 1 aromatic carbocycles. The average Bonchev–Trinajstić information content (AvgIpc) is 3.13. The van der Waals surface area contributed by atoms with Crippen LogP contribution in [0.1, 0.15) is 49.9 Å². The number of halogens is 2. The van der Waals surface area contributed by atoms with Crippen LogP contribution in [0.25, 0.3) is 22.2 Å². The Morgan fingerprint density at radius 1 is 1.10 bits per heavy atom. The van der Waals surface area contributed by atoms with Gasteiger partial charge in [-0.25, -0.2) is 23.7 Å². The molecule has 0 saturated heterocycles. The van der Waals surface area contributed by atoms with Gasteiger partial charge in [0.15, 0.2) is 22.9 Å². The van der Waals surface area contributed by atoms with E-state index in [4.69, 9.17) is 4.98 Å². The summed E-state index contributed by atoms with van der Waals surface area (Å²) in [4.78, 5) is 28.1. The molecule has 3 aromatic heterocycles. The van der Waals surface area contributed by atoms with Gasteiger partial charge < -0.3 is 9.55 Å². The Kier molecular flexibility index (Phi) is 5.21. The Hall–Kier alpha value is -3.16. The van der Waals surface area contributed by atoms with Gasteiger partial charge >= 0.3 is 0 Å². The standard InChI is InChI=1S/C23H23F2N5O/c24-17-8-7-16-15(12-19(31)29-21(16)20(17)25)13-30-18(9-6-14-4-2-1-3-5-14)28-22-23(30)27-11-10-26-22/h7-8,10-12,14H,1-6,9,13H2,(H,29,31). The first-order valence-electron chi connectivity index (χ1n) is 10.8. The molecule has 0 unspecified atom stereocenters. The summed E-state index contributed by atoms with van der Waals surface area (Å²) in [5.74, 6) is -0.500. The van der Waals surface area contributed by atoms with Crippen LogP contribution in [0.2, 0.25) is 0 Å². The molecule has 1 N–H and O–H groups in total. The number of benzene rings is 1. The molecule has 1 aliphatic carbocycles. The van der Waals surface area contributed by atoms with Crippen molar-refractivity contribution >= 4 is 22.2 Å². The summed E-state index contributed by atoms with van der Waals surface area (Å²) in [5.41, 5.74) is 1.15. The summed E-state index contributed by atoms with van der Waals surface area (Å²) in [6, 6.07) is 3.99. The summed E-state index contributed by atoms with van der Waals surface area (Å²) < 4.78 is 30.0. The third kappa shape index (κ3) is 3.82. The predicted molar refractivity (Wildman–Crippen MR) is 114 cm³/mol. The average molecular weight is 423 g/mol. The van der Waals surface area contributed by atoms with Gasteiger partial charge in [-0.15, -0.1) is 0 Å². The van der Waals surface area contributed by atoms with Crippen molar-refractivity contribution < 1.29 is 8.78 Å². The summed E-state index contributed by atoms with van der Waals surface area (Å²) in [6.07, 6.45) is 11.4. The van der Waals surface area contributed by atoms with Crippen molar-refractivity contribution in [2.24, 2.45) is 5.92 Å². The second-order valence-corrected chi connectivity index (χ2v) is 8.30. The molecule has 31 heavy (non-hydrogen) atoms. The highest BCUT2D eigenvalue weighted by Gasteiger charge is 2.19. The van der Waals surface area contributed by atoms with Crippen LogP contribution < -0.4 is 5.56 Å². The first-order chi connectivity index (χ1) is 15.1. The van der Waals surface area contributed by atoms with Gasteiger partial charge in [0.05, 0.1) is 12.1 Å². The lowest BCUT2D eigenvalue weighted by molar-refractivity contribution is 0.336. The van der Waals surface area contributed by atoms with Crippen molar-refractivity contribution in [3.05, 3.63) is 64.0 Å². The molecule has 1 aliphatic rings. The molecule has 0 bridgehead atoms. The topological polar surface area (TPSA) is 76.5 Å². The molecule has 4 aromatic rings. The van der Waals surface area contributed by atoms with Crippen LogP contribution in [0.4, 0.5) is 8.78 Å². The number of nitrogens with one attached hydrogen (secondary N) is 1. The number of aromatic nitrogens is 5. The van der Waals surface area contributed by atoms with E-state index >= 15 is 0 Å². The second kappa shape index (κ2) is 8.17. The molecule has 0 spiro atoms. The third-order valence-electron chi connectivity index (χ3n) is 6.29. The molecule has 3 heterocycles. The van der Waals surface area contributed by atoms with Gasteiger partial charge in [0.25, 0.3) is 0 Å². The SMILES string of the molecule is O=c1cc(Cn2c(CCC3CCCCC3)nc3nccnc32)c2ccc(F)c(F)c2[nH]1. The van der Waals surface area contributed by atoms with Gasteiger partial charge in [-0.1, -0.05) is 32.1 Å². The summed E-state index contributed by atoms with van der Waals surface area (Å²) in [6.45, 7) is 0.278. The zero-order valence-corrected chi connectivity index (χ0v) is 17.1. The lowest BCUT2D eigenvalue weighted by atomic mass is 9.86. The van der Waals surface area contributed by atoms with Crippen LogP contribution in [0.5, 0.6) is 0 Å². The van der Waals surface area contributed by atoms with E-state index in [1.54, 1.807) is 12.4 Å². The van der Waals surface area contributed by atoms with Crippen LogP contribution in [-0.2, 0) is 13.0 Å². The Bertz CT molecular complexity index is 1310. The smallest absolute Gasteiger partial charge is 0.248 e. The number of pyridine rings is 1. The van der Waals surface area contributed by atoms with Gasteiger partial charge in [-0.2, -0.15) is 0 Å². The highest BCUT2D eigenvalue weighted by Crippen LogP contribution is 2.28. The minimum Gasteiger partial charge on any atom is -0.319 e. The van der Waals surface area contributed by atoms with Crippen LogP contribution in [-0.4, -0.2) is 24.5 Å². The van der Waals surface area contributed by atoms with E-state index < -0.39 is 17.2 Å². The van der Waals surface area contributed by atoms with Crippen LogP contribution in [0.3, 0.4) is 0 Å². The van der Waals surface area contributed by atoms with Crippen LogP contribution in [0, 0.1) is 17.6 Å². The molecular weight excluding hydrogens is 400 g/mol. The van der Waals surface area contributed by atoms with E-state index in [1.165, 1.54) is 44.2 Å². The van der Waals surface area contributed by atoms with Gasteiger partial charge in [-0.05, 0) is 30.0 Å². The fourth-order valence-electron chi connectivity index (χ4n) is 4.70. The number of hydrogen-bond donors (Lipinski definition) is 1. The molecule has 1 fully saturated rings. The molecule has 5 rings (SSSR count). The van der Waals surface area contributed by atoms with Crippen molar-refractivity contribution in [3.8, 4) is 0 Å². The maximum Gasteiger partial charge on any atom is 0.248 e. The van der Waals surface area contributed by atoms with E-state index in [-0.39, 0.29) is 12.1 Å². The Balaban J connectivity index is 1.56. The number of aryl methyl sites for hydroxylation is 1. The predicted octanol–water partition coefficient (Wildman–Crippen LogP) is 4.51. The quantitative estimate of drug-likeness (QED) is 0.513. The fraction of sp³-hybridized carbons (Fsp3) is 0.391. The maximum atomic E-state index is 14.3. The number of H-pyrrole nitrogens is 1. The number of rotatable bonds is 5. The molecule has 0 amide bonds. The van der Waals surface area contributed by atoms with Crippen LogP contribution in [0.15, 0.2) is 35.4 Å². The number of nitrogens with zero attached hydrogens (tertiary/aromatic N) is 4. The molecule has 0 atom stereocenters. The highest BCUT2D eigenvalue weighted by molar-refractivity contribution is 5.82. The molecule has 6 nitrogen and oxygen atoms in total. The number of imidazole rings is 1. The van der Waals surface area contributed by atoms with Crippen LogP contribution >= 0.6 is 0 Å². The molecule has 0 radical (unpaired) electrons. The van der Waals surface area contributed by atoms with Gasteiger partial charge in [-0.3, -0.25) is 4.79 Å². The van der Waals surface area contributed by atoms with Crippen molar-refractivity contribution in [1.29, 1.82) is 0 Å². The Morgan fingerprint density at radius 3 is 2.74 bits per heavy atom. The lowest BCUT2D eigenvalue weighted by Gasteiger charge is -2.21. The van der Waals surface area contributed by atoms with Crippen molar-refractivity contribution in [2.45, 2.75) is 51.5 Å². The fourth-order valence-corrected chi connectivity index (χ4v) is 4.70. The third-order valence-corrected chi connectivity index (χ3v) is 6.29. The number of hydrogen-bond acceptors (Lipinski definition) is 4. The Morgan fingerprint density at radius 2 is 1.90 bits per heavy atom. The number of aromatic amines is 1. The summed E-state index contributed by atoms with van der Waals surface area (Å²) >= 11 is 0. The van der Waals surface area contributed by atoms with Crippen molar-refractivity contribution in [2.75, 3.05) is 0 Å². The summed E-state index contributed by atoms with van der Waals surface area (Å²) in [7, 11) is 0. The van der Waals surface area contributed by atoms with E-state index in [0.717, 1.165) is 24.7 Å². The monoisotopic (exact) mass is 423 g/mol. The zero-order chi connectivity index (χ0) is 21.4. The molecular formula is C23H23F2N5O. The summed E-state index contributed by atoms with van der Waals surface area (Å²) in [5, 5.41) is 0.461. The normalized spacial score (nSPS) is 15.2. The minimum absolute atomic E-state index is 0.123. The first-order valence-corrected chi connectivity index (χ1v) is 10.8. The number of fused-ring (bicyclic) bond motifs is 2. The zero-order valence-electron chi connectivity index (χ0n) is 17.1. The molecule has 1 saturated carbocycles. The molecule has 160 valence electrons. The maximum absolute atomic E-state index is 14.3. The molecule has 0 aliphatic heterocycles. The molecule has 8 heteroatoms. The van der Waals surface area contributed by atoms with Crippen molar-refractivity contribution in [3.63, 3.8) is 0 Å². The van der Waals surface area contributed by atoms with Gasteiger partial charge in [0.1, 0.15) is 5.82 Å². The van der Waals surface area contributed by atoms with E-state index in [1.807, 2.05) is 4.57 Å². The second-order valence-electron chi connectivity index (χ2n) is 8.30.